The molecular weight excluding hydrogens is 362 g/mol. The summed E-state index contributed by atoms with van der Waals surface area (Å²) in [6.45, 7) is 9.04. The summed E-state index contributed by atoms with van der Waals surface area (Å²) in [6, 6.07) is 13.4. The predicted molar refractivity (Wildman–Crippen MR) is 106 cm³/mol. The molecule has 0 aliphatic carbocycles. The molecule has 1 unspecified atom stereocenters. The van der Waals surface area contributed by atoms with Crippen molar-refractivity contribution in [1.82, 2.24) is 4.72 Å². The van der Waals surface area contributed by atoms with E-state index in [0.29, 0.717) is 0 Å². The molecule has 27 heavy (non-hydrogen) atoms. The topological polar surface area (TPSA) is 72.5 Å². The number of hydrogen-bond donors (Lipinski definition) is 1. The number of rotatable bonds is 6. The first kappa shape index (κ1) is 21.1. The van der Waals surface area contributed by atoms with Crippen LogP contribution < -0.4 is 4.72 Å². The lowest BCUT2D eigenvalue weighted by Crippen LogP contribution is -2.34. The van der Waals surface area contributed by atoms with E-state index in [2.05, 4.69) is 4.72 Å². The third kappa shape index (κ3) is 5.91. The van der Waals surface area contributed by atoms with Crippen LogP contribution in [-0.2, 0) is 19.6 Å². The van der Waals surface area contributed by atoms with Crippen LogP contribution in [0.3, 0.4) is 0 Å². The van der Waals surface area contributed by atoms with Crippen LogP contribution >= 0.6 is 0 Å². The molecule has 0 spiro atoms. The summed E-state index contributed by atoms with van der Waals surface area (Å²) in [7, 11) is -3.76. The summed E-state index contributed by atoms with van der Waals surface area (Å²) in [5, 5.41) is 0. The SMILES string of the molecule is Cc1ccc(C(COC(=O)C(C)(C)C)NS(=O)(=O)c2ccc(C)cc2)cc1. The lowest BCUT2D eigenvalue weighted by Gasteiger charge is -2.22. The van der Waals surface area contributed by atoms with E-state index in [4.69, 9.17) is 4.74 Å². The molecule has 2 aromatic carbocycles. The third-order valence-corrected chi connectivity index (χ3v) is 5.59. The molecule has 146 valence electrons. The Morgan fingerprint density at radius 3 is 1.93 bits per heavy atom. The monoisotopic (exact) mass is 389 g/mol. The number of carbonyl (C=O) groups is 1. The number of ether oxygens (including phenoxy) is 1. The van der Waals surface area contributed by atoms with E-state index in [1.54, 1.807) is 45.0 Å². The number of nitrogens with one attached hydrogen (secondary N) is 1. The van der Waals surface area contributed by atoms with E-state index in [0.717, 1.165) is 16.7 Å². The van der Waals surface area contributed by atoms with E-state index in [1.165, 1.54) is 0 Å². The minimum Gasteiger partial charge on any atom is -0.463 e. The van der Waals surface area contributed by atoms with Crippen molar-refractivity contribution in [1.29, 1.82) is 0 Å². The highest BCUT2D eigenvalue weighted by molar-refractivity contribution is 7.89. The summed E-state index contributed by atoms with van der Waals surface area (Å²) in [4.78, 5) is 12.3. The molecule has 5 nitrogen and oxygen atoms in total. The Bertz CT molecular complexity index is 879. The summed E-state index contributed by atoms with van der Waals surface area (Å²) in [5.74, 6) is -0.380. The van der Waals surface area contributed by atoms with Gasteiger partial charge < -0.3 is 4.74 Å². The first-order chi connectivity index (χ1) is 12.5. The second-order valence-electron chi connectivity index (χ2n) is 7.75. The molecule has 2 aromatic rings. The van der Waals surface area contributed by atoms with E-state index in [-0.39, 0.29) is 17.5 Å². The molecule has 1 atom stereocenters. The minimum absolute atomic E-state index is 0.0791. The fraction of sp³-hybridized carbons (Fsp3) is 0.381. The van der Waals surface area contributed by atoms with Gasteiger partial charge in [-0.25, -0.2) is 13.1 Å². The lowest BCUT2D eigenvalue weighted by molar-refractivity contribution is -0.153. The Hall–Kier alpha value is -2.18. The Morgan fingerprint density at radius 2 is 1.44 bits per heavy atom. The highest BCUT2D eigenvalue weighted by atomic mass is 32.2. The van der Waals surface area contributed by atoms with Crippen molar-refractivity contribution in [2.45, 2.75) is 45.6 Å². The standard InChI is InChI=1S/C21H27NO4S/c1-15-6-10-17(11-7-15)19(14-26-20(23)21(3,4)5)22-27(24,25)18-12-8-16(2)9-13-18/h6-13,19,22H,14H2,1-5H3. The Morgan fingerprint density at radius 1 is 0.963 bits per heavy atom. The number of hydrogen-bond acceptors (Lipinski definition) is 4. The van der Waals surface area contributed by atoms with Gasteiger partial charge in [0.05, 0.1) is 16.4 Å². The Balaban J connectivity index is 2.27. The van der Waals surface area contributed by atoms with Gasteiger partial charge in [-0.15, -0.1) is 0 Å². The zero-order valence-corrected chi connectivity index (χ0v) is 17.3. The van der Waals surface area contributed by atoms with Gasteiger partial charge in [0.1, 0.15) is 6.61 Å². The molecule has 0 aromatic heterocycles. The van der Waals surface area contributed by atoms with Gasteiger partial charge in [0.2, 0.25) is 10.0 Å². The number of esters is 1. The van der Waals surface area contributed by atoms with Gasteiger partial charge in [-0.2, -0.15) is 0 Å². The van der Waals surface area contributed by atoms with Crippen molar-refractivity contribution in [2.75, 3.05) is 6.61 Å². The molecule has 0 saturated heterocycles. The zero-order chi connectivity index (χ0) is 20.2. The summed E-state index contributed by atoms with van der Waals surface area (Å²) >= 11 is 0. The Labute approximate surface area is 161 Å². The van der Waals surface area contributed by atoms with Crippen molar-refractivity contribution in [3.63, 3.8) is 0 Å². The van der Waals surface area contributed by atoms with Crippen molar-refractivity contribution in [2.24, 2.45) is 5.41 Å². The molecule has 0 radical (unpaired) electrons. The van der Waals surface area contributed by atoms with Gasteiger partial charge >= 0.3 is 5.97 Å². The van der Waals surface area contributed by atoms with Gasteiger partial charge in [0.15, 0.2) is 0 Å². The van der Waals surface area contributed by atoms with Crippen molar-refractivity contribution in [3.8, 4) is 0 Å². The van der Waals surface area contributed by atoms with Crippen LogP contribution in [0.4, 0.5) is 0 Å². The minimum atomic E-state index is -3.76. The molecular formula is C21H27NO4S. The molecule has 0 amide bonds. The fourth-order valence-electron chi connectivity index (χ4n) is 2.35. The van der Waals surface area contributed by atoms with E-state index in [9.17, 15) is 13.2 Å². The maximum Gasteiger partial charge on any atom is 0.311 e. The molecule has 0 aliphatic rings. The zero-order valence-electron chi connectivity index (χ0n) is 16.4. The maximum absolute atomic E-state index is 12.8. The van der Waals surface area contributed by atoms with E-state index < -0.39 is 21.5 Å². The molecule has 1 N–H and O–H groups in total. The first-order valence-corrected chi connectivity index (χ1v) is 10.3. The third-order valence-electron chi connectivity index (χ3n) is 4.10. The van der Waals surface area contributed by atoms with Crippen molar-refractivity contribution in [3.05, 3.63) is 65.2 Å². The first-order valence-electron chi connectivity index (χ1n) is 8.82. The summed E-state index contributed by atoms with van der Waals surface area (Å²) in [5.41, 5.74) is 2.11. The smallest absolute Gasteiger partial charge is 0.311 e. The van der Waals surface area contributed by atoms with Crippen LogP contribution in [0.1, 0.15) is 43.5 Å². The van der Waals surface area contributed by atoms with Crippen molar-refractivity contribution < 1.29 is 17.9 Å². The van der Waals surface area contributed by atoms with Gasteiger partial charge in [0, 0.05) is 0 Å². The number of carbonyl (C=O) groups excluding carboxylic acids is 1. The van der Waals surface area contributed by atoms with Crippen molar-refractivity contribution >= 4 is 16.0 Å². The van der Waals surface area contributed by atoms with Crippen LogP contribution in [0.2, 0.25) is 0 Å². The predicted octanol–water partition coefficient (Wildman–Crippen LogP) is 3.91. The van der Waals surface area contributed by atoms with Crippen LogP contribution in [-0.4, -0.2) is 21.0 Å². The quantitative estimate of drug-likeness (QED) is 0.760. The molecule has 2 rings (SSSR count). The lowest BCUT2D eigenvalue weighted by atomic mass is 9.97. The second-order valence-corrected chi connectivity index (χ2v) is 9.46. The number of aryl methyl sites for hydroxylation is 2. The molecule has 6 heteroatoms. The van der Waals surface area contributed by atoms with Gasteiger partial charge in [-0.1, -0.05) is 47.5 Å². The normalized spacial score (nSPS) is 13.2. The Kier molecular flexibility index (Phi) is 6.44. The molecule has 0 fully saturated rings. The average molecular weight is 390 g/mol. The number of benzene rings is 2. The summed E-state index contributed by atoms with van der Waals surface area (Å²) in [6.07, 6.45) is 0. The molecule has 0 saturated carbocycles. The van der Waals surface area contributed by atoms with Crippen LogP contribution in [0.15, 0.2) is 53.4 Å². The highest BCUT2D eigenvalue weighted by Crippen LogP contribution is 2.21. The molecule has 0 bridgehead atoms. The highest BCUT2D eigenvalue weighted by Gasteiger charge is 2.27. The van der Waals surface area contributed by atoms with Gasteiger partial charge in [0.25, 0.3) is 0 Å². The van der Waals surface area contributed by atoms with Gasteiger partial charge in [-0.05, 0) is 52.3 Å². The number of sulfonamides is 1. The van der Waals surface area contributed by atoms with Crippen LogP contribution in [0.5, 0.6) is 0 Å². The van der Waals surface area contributed by atoms with Crippen LogP contribution in [0, 0.1) is 19.3 Å². The van der Waals surface area contributed by atoms with Gasteiger partial charge in [-0.3, -0.25) is 4.79 Å². The molecule has 0 aliphatic heterocycles. The van der Waals surface area contributed by atoms with E-state index >= 15 is 0 Å². The fourth-order valence-corrected chi connectivity index (χ4v) is 3.55. The molecule has 0 heterocycles. The summed E-state index contributed by atoms with van der Waals surface area (Å²) < 4.78 is 33.6. The average Bonchev–Trinajstić information content (AvgIpc) is 2.58. The largest absolute Gasteiger partial charge is 0.463 e. The second kappa shape index (κ2) is 8.23. The van der Waals surface area contributed by atoms with E-state index in [1.807, 2.05) is 38.1 Å². The van der Waals surface area contributed by atoms with Crippen LogP contribution in [0.25, 0.3) is 0 Å². The maximum atomic E-state index is 12.8.